The standard InChI is InChI=1S/C17H23FO/c1-11-3-4-13(7-11)10-19-17-9-16(18)12(2)8-15(17)14-5-6-14/h8-9,11,13-14H,3-7,10H2,1-2H3. The Morgan fingerprint density at radius 1 is 1.21 bits per heavy atom. The lowest BCUT2D eigenvalue weighted by Gasteiger charge is -2.16. The van der Waals surface area contributed by atoms with Crippen LogP contribution in [-0.2, 0) is 0 Å². The first-order valence-corrected chi connectivity index (χ1v) is 7.56. The van der Waals surface area contributed by atoms with Gasteiger partial charge in [-0.25, -0.2) is 4.39 Å². The zero-order valence-electron chi connectivity index (χ0n) is 11.9. The van der Waals surface area contributed by atoms with Crippen molar-refractivity contribution in [2.45, 2.75) is 51.9 Å². The minimum Gasteiger partial charge on any atom is -0.493 e. The molecule has 19 heavy (non-hydrogen) atoms. The predicted molar refractivity (Wildman–Crippen MR) is 75.1 cm³/mol. The maximum Gasteiger partial charge on any atom is 0.129 e. The number of halogens is 1. The summed E-state index contributed by atoms with van der Waals surface area (Å²) < 4.78 is 19.7. The number of benzene rings is 1. The average Bonchev–Trinajstić information content (AvgIpc) is 3.14. The van der Waals surface area contributed by atoms with Gasteiger partial charge in [-0.15, -0.1) is 0 Å². The van der Waals surface area contributed by atoms with E-state index in [1.165, 1.54) is 37.7 Å². The largest absolute Gasteiger partial charge is 0.493 e. The van der Waals surface area contributed by atoms with Crippen molar-refractivity contribution in [1.29, 1.82) is 0 Å². The summed E-state index contributed by atoms with van der Waals surface area (Å²) in [6.45, 7) is 4.90. The van der Waals surface area contributed by atoms with E-state index in [0.29, 0.717) is 11.8 Å². The first kappa shape index (κ1) is 13.0. The van der Waals surface area contributed by atoms with Crippen molar-refractivity contribution in [3.05, 3.63) is 29.1 Å². The zero-order chi connectivity index (χ0) is 13.4. The van der Waals surface area contributed by atoms with Crippen LogP contribution in [0.2, 0.25) is 0 Å². The summed E-state index contributed by atoms with van der Waals surface area (Å²) in [5.74, 6) is 2.75. The summed E-state index contributed by atoms with van der Waals surface area (Å²) in [6, 6.07) is 3.58. The molecule has 0 aromatic heterocycles. The fourth-order valence-electron chi connectivity index (χ4n) is 3.21. The van der Waals surface area contributed by atoms with Gasteiger partial charge in [0.2, 0.25) is 0 Å². The third-order valence-corrected chi connectivity index (χ3v) is 4.59. The minimum atomic E-state index is -0.140. The van der Waals surface area contributed by atoms with Crippen molar-refractivity contribution >= 4 is 0 Å². The highest BCUT2D eigenvalue weighted by atomic mass is 19.1. The van der Waals surface area contributed by atoms with Gasteiger partial charge in [-0.1, -0.05) is 13.3 Å². The van der Waals surface area contributed by atoms with Gasteiger partial charge in [0.25, 0.3) is 0 Å². The highest BCUT2D eigenvalue weighted by Gasteiger charge is 2.28. The molecular formula is C17H23FO. The van der Waals surface area contributed by atoms with Crippen LogP contribution in [-0.4, -0.2) is 6.61 Å². The molecule has 2 fully saturated rings. The van der Waals surface area contributed by atoms with Crippen molar-refractivity contribution < 1.29 is 9.13 Å². The molecular weight excluding hydrogens is 239 g/mol. The molecule has 1 nitrogen and oxygen atoms in total. The average molecular weight is 262 g/mol. The quantitative estimate of drug-likeness (QED) is 0.755. The highest BCUT2D eigenvalue weighted by molar-refractivity contribution is 5.42. The molecule has 0 heterocycles. The molecule has 2 atom stereocenters. The van der Waals surface area contributed by atoms with Gasteiger partial charge < -0.3 is 4.74 Å². The van der Waals surface area contributed by atoms with Crippen molar-refractivity contribution in [3.8, 4) is 5.75 Å². The molecule has 1 aromatic rings. The zero-order valence-corrected chi connectivity index (χ0v) is 11.9. The monoisotopic (exact) mass is 262 g/mol. The van der Waals surface area contributed by atoms with E-state index in [9.17, 15) is 4.39 Å². The molecule has 0 radical (unpaired) electrons. The molecule has 2 saturated carbocycles. The Hall–Kier alpha value is -1.05. The van der Waals surface area contributed by atoms with Crippen molar-refractivity contribution in [2.24, 2.45) is 11.8 Å². The summed E-state index contributed by atoms with van der Waals surface area (Å²) in [5, 5.41) is 0. The van der Waals surface area contributed by atoms with E-state index < -0.39 is 0 Å². The lowest BCUT2D eigenvalue weighted by Crippen LogP contribution is -2.10. The van der Waals surface area contributed by atoms with Crippen molar-refractivity contribution in [1.82, 2.24) is 0 Å². The Kier molecular flexibility index (Phi) is 3.51. The second-order valence-corrected chi connectivity index (χ2v) is 6.51. The molecule has 2 unspecified atom stereocenters. The van der Waals surface area contributed by atoms with Crippen molar-refractivity contribution in [3.63, 3.8) is 0 Å². The maximum atomic E-state index is 13.7. The summed E-state index contributed by atoms with van der Waals surface area (Å²) in [7, 11) is 0. The second kappa shape index (κ2) is 5.15. The third-order valence-electron chi connectivity index (χ3n) is 4.59. The summed E-state index contributed by atoms with van der Waals surface area (Å²) >= 11 is 0. The van der Waals surface area contributed by atoms with Crippen LogP contribution in [0.5, 0.6) is 5.75 Å². The molecule has 2 heteroatoms. The molecule has 1 aromatic carbocycles. The van der Waals surface area contributed by atoms with Gasteiger partial charge in [-0.05, 0) is 67.6 Å². The molecule has 0 aliphatic heterocycles. The van der Waals surface area contributed by atoms with Gasteiger partial charge in [0, 0.05) is 6.07 Å². The Bertz CT molecular complexity index is 465. The first-order valence-electron chi connectivity index (χ1n) is 7.56. The molecule has 0 bridgehead atoms. The van der Waals surface area contributed by atoms with Crippen LogP contribution in [0.4, 0.5) is 4.39 Å². The number of hydrogen-bond acceptors (Lipinski definition) is 1. The van der Waals surface area contributed by atoms with Gasteiger partial charge in [0.1, 0.15) is 11.6 Å². The molecule has 3 rings (SSSR count). The molecule has 2 aliphatic rings. The van der Waals surface area contributed by atoms with E-state index in [0.717, 1.165) is 23.8 Å². The first-order chi connectivity index (χ1) is 9.13. The van der Waals surface area contributed by atoms with E-state index in [1.54, 1.807) is 6.07 Å². The Labute approximate surface area is 115 Å². The fraction of sp³-hybridized carbons (Fsp3) is 0.647. The lowest BCUT2D eigenvalue weighted by molar-refractivity contribution is 0.246. The number of ether oxygens (including phenoxy) is 1. The van der Waals surface area contributed by atoms with Gasteiger partial charge in [0.15, 0.2) is 0 Å². The lowest BCUT2D eigenvalue weighted by atomic mass is 10.1. The molecule has 104 valence electrons. The number of aryl methyl sites for hydroxylation is 1. The van der Waals surface area contributed by atoms with Crippen LogP contribution in [0.3, 0.4) is 0 Å². The van der Waals surface area contributed by atoms with Gasteiger partial charge >= 0.3 is 0 Å². The predicted octanol–water partition coefficient (Wildman–Crippen LogP) is 4.83. The topological polar surface area (TPSA) is 9.23 Å². The Morgan fingerprint density at radius 2 is 2.00 bits per heavy atom. The van der Waals surface area contributed by atoms with Crippen LogP contribution < -0.4 is 4.74 Å². The molecule has 0 spiro atoms. The summed E-state index contributed by atoms with van der Waals surface area (Å²) in [6.07, 6.45) is 6.27. The van der Waals surface area contributed by atoms with Crippen LogP contribution in [0.25, 0.3) is 0 Å². The van der Waals surface area contributed by atoms with Gasteiger partial charge in [-0.3, -0.25) is 0 Å². The Morgan fingerprint density at radius 3 is 2.63 bits per heavy atom. The van der Waals surface area contributed by atoms with E-state index >= 15 is 0 Å². The van der Waals surface area contributed by atoms with E-state index in [-0.39, 0.29) is 5.82 Å². The van der Waals surface area contributed by atoms with Crippen LogP contribution >= 0.6 is 0 Å². The smallest absolute Gasteiger partial charge is 0.129 e. The maximum absolute atomic E-state index is 13.7. The molecule has 0 amide bonds. The van der Waals surface area contributed by atoms with Crippen molar-refractivity contribution in [2.75, 3.05) is 6.61 Å². The normalized spacial score (nSPS) is 26.7. The third kappa shape index (κ3) is 2.93. The molecule has 2 aliphatic carbocycles. The van der Waals surface area contributed by atoms with E-state index in [1.807, 2.05) is 13.0 Å². The van der Waals surface area contributed by atoms with Crippen LogP contribution in [0.1, 0.15) is 56.1 Å². The molecule has 0 N–H and O–H groups in total. The minimum absolute atomic E-state index is 0.140. The number of hydrogen-bond donors (Lipinski definition) is 0. The van der Waals surface area contributed by atoms with Gasteiger partial charge in [0.05, 0.1) is 6.61 Å². The van der Waals surface area contributed by atoms with E-state index in [4.69, 9.17) is 4.74 Å². The Balaban J connectivity index is 1.70. The van der Waals surface area contributed by atoms with Crippen LogP contribution in [0.15, 0.2) is 12.1 Å². The van der Waals surface area contributed by atoms with Crippen LogP contribution in [0, 0.1) is 24.6 Å². The number of rotatable bonds is 4. The SMILES string of the molecule is Cc1cc(C2CC2)c(OCC2CCC(C)C2)cc1F. The molecule has 0 saturated heterocycles. The fourth-order valence-corrected chi connectivity index (χ4v) is 3.21. The van der Waals surface area contributed by atoms with Gasteiger partial charge in [-0.2, -0.15) is 0 Å². The summed E-state index contributed by atoms with van der Waals surface area (Å²) in [4.78, 5) is 0. The second-order valence-electron chi connectivity index (χ2n) is 6.51. The highest BCUT2D eigenvalue weighted by Crippen LogP contribution is 2.45. The van der Waals surface area contributed by atoms with E-state index in [2.05, 4.69) is 6.92 Å². The summed E-state index contributed by atoms with van der Waals surface area (Å²) in [5.41, 5.74) is 1.97.